The Balaban J connectivity index is 2.09. The van der Waals surface area contributed by atoms with Crippen LogP contribution in [0.1, 0.15) is 10.4 Å². The van der Waals surface area contributed by atoms with E-state index in [0.717, 1.165) is 5.69 Å². The smallest absolute Gasteiger partial charge is 0.258 e. The molecule has 0 saturated heterocycles. The molecule has 0 bridgehead atoms. The average molecular weight is 231 g/mol. The largest absolute Gasteiger partial charge is 0.378 e. The van der Waals surface area contributed by atoms with Crippen LogP contribution in [0.2, 0.25) is 0 Å². The summed E-state index contributed by atoms with van der Waals surface area (Å²) < 4.78 is 0. The highest BCUT2D eigenvalue weighted by Crippen LogP contribution is 2.12. The number of nitrogens with one attached hydrogen (secondary N) is 2. The van der Waals surface area contributed by atoms with Crippen molar-refractivity contribution in [2.24, 2.45) is 0 Å². The lowest BCUT2D eigenvalue weighted by atomic mass is 10.2. The van der Waals surface area contributed by atoms with Crippen LogP contribution < -0.4 is 10.2 Å². The monoisotopic (exact) mass is 231 g/mol. The molecule has 0 atom stereocenters. The number of rotatable bonds is 3. The summed E-state index contributed by atoms with van der Waals surface area (Å²) in [6, 6.07) is 7.30. The first-order valence-corrected chi connectivity index (χ1v) is 5.11. The molecule has 0 radical (unpaired) electrons. The molecule has 2 aromatic rings. The first-order valence-electron chi connectivity index (χ1n) is 5.11. The van der Waals surface area contributed by atoms with Gasteiger partial charge in [0.1, 0.15) is 6.33 Å². The van der Waals surface area contributed by atoms with Gasteiger partial charge >= 0.3 is 0 Å². The molecule has 0 saturated carbocycles. The Morgan fingerprint density at radius 1 is 1.29 bits per heavy atom. The Labute approximate surface area is 98.7 Å². The standard InChI is InChI=1S/C11H13N5O/c1-16(2)9-5-3-8(4-6-9)10(17)14-11-12-7-13-15-11/h3-7H,1-2H3,(H2,12,13,14,15,17). The summed E-state index contributed by atoms with van der Waals surface area (Å²) in [6.45, 7) is 0. The Morgan fingerprint density at radius 2 is 2.00 bits per heavy atom. The van der Waals surface area contributed by atoms with Gasteiger partial charge in [-0.25, -0.2) is 5.10 Å². The molecule has 0 spiro atoms. The first kappa shape index (κ1) is 11.1. The predicted octanol–water partition coefficient (Wildman–Crippen LogP) is 1.12. The molecule has 1 amide bonds. The highest BCUT2D eigenvalue weighted by Gasteiger charge is 2.07. The fourth-order valence-electron chi connectivity index (χ4n) is 1.36. The molecule has 1 aromatic carbocycles. The van der Waals surface area contributed by atoms with Gasteiger partial charge in [-0.1, -0.05) is 0 Å². The molecule has 0 unspecified atom stereocenters. The molecule has 17 heavy (non-hydrogen) atoms. The van der Waals surface area contributed by atoms with Gasteiger partial charge in [-0.15, -0.1) is 0 Å². The Kier molecular flexibility index (Phi) is 3.04. The number of benzene rings is 1. The van der Waals surface area contributed by atoms with Crippen molar-refractivity contribution in [1.82, 2.24) is 15.2 Å². The van der Waals surface area contributed by atoms with Gasteiger partial charge in [0.2, 0.25) is 5.95 Å². The number of carbonyl (C=O) groups excluding carboxylic acids is 1. The van der Waals surface area contributed by atoms with Crippen LogP contribution in [-0.4, -0.2) is 35.2 Å². The van der Waals surface area contributed by atoms with E-state index >= 15 is 0 Å². The molecular weight excluding hydrogens is 218 g/mol. The number of H-pyrrole nitrogens is 1. The third kappa shape index (κ3) is 2.60. The molecule has 0 aliphatic carbocycles. The van der Waals surface area contributed by atoms with Gasteiger partial charge in [0, 0.05) is 25.3 Å². The molecule has 1 heterocycles. The van der Waals surface area contributed by atoms with Gasteiger partial charge in [0.25, 0.3) is 5.91 Å². The second-order valence-corrected chi connectivity index (χ2v) is 3.73. The van der Waals surface area contributed by atoms with Gasteiger partial charge in [-0.3, -0.25) is 10.1 Å². The zero-order chi connectivity index (χ0) is 12.3. The summed E-state index contributed by atoms with van der Waals surface area (Å²) >= 11 is 0. The lowest BCUT2D eigenvalue weighted by Crippen LogP contribution is -2.14. The number of carbonyl (C=O) groups is 1. The van der Waals surface area contributed by atoms with Crippen LogP contribution >= 0.6 is 0 Å². The van der Waals surface area contributed by atoms with E-state index in [1.165, 1.54) is 6.33 Å². The molecule has 0 fully saturated rings. The second-order valence-electron chi connectivity index (χ2n) is 3.73. The number of nitrogens with zero attached hydrogens (tertiary/aromatic N) is 3. The lowest BCUT2D eigenvalue weighted by molar-refractivity contribution is 0.102. The SMILES string of the molecule is CN(C)c1ccc(C(=O)Nc2ncn[nH]2)cc1. The summed E-state index contributed by atoms with van der Waals surface area (Å²) in [7, 11) is 3.90. The van der Waals surface area contributed by atoms with Gasteiger partial charge in [0.15, 0.2) is 0 Å². The number of hydrogen-bond donors (Lipinski definition) is 2. The highest BCUT2D eigenvalue weighted by atomic mass is 16.1. The number of anilines is 2. The van der Waals surface area contributed by atoms with E-state index < -0.39 is 0 Å². The fraction of sp³-hybridized carbons (Fsp3) is 0.182. The van der Waals surface area contributed by atoms with Crippen LogP contribution in [0.5, 0.6) is 0 Å². The van der Waals surface area contributed by atoms with Crippen molar-refractivity contribution in [3.63, 3.8) is 0 Å². The van der Waals surface area contributed by atoms with Crippen LogP contribution in [0.3, 0.4) is 0 Å². The van der Waals surface area contributed by atoms with E-state index in [0.29, 0.717) is 11.5 Å². The summed E-state index contributed by atoms with van der Waals surface area (Å²) in [5.41, 5.74) is 1.62. The minimum Gasteiger partial charge on any atom is -0.378 e. The topological polar surface area (TPSA) is 73.9 Å². The summed E-state index contributed by atoms with van der Waals surface area (Å²) in [5.74, 6) is 0.124. The van der Waals surface area contributed by atoms with Crippen molar-refractivity contribution in [2.75, 3.05) is 24.3 Å². The maximum absolute atomic E-state index is 11.8. The third-order valence-corrected chi connectivity index (χ3v) is 2.29. The Bertz CT molecular complexity index is 489. The maximum Gasteiger partial charge on any atom is 0.258 e. The van der Waals surface area contributed by atoms with Crippen molar-refractivity contribution in [1.29, 1.82) is 0 Å². The molecule has 2 rings (SSSR count). The molecular formula is C11H13N5O. The number of aromatic nitrogens is 3. The van der Waals surface area contributed by atoms with Gasteiger partial charge in [-0.2, -0.15) is 10.1 Å². The van der Waals surface area contributed by atoms with E-state index in [2.05, 4.69) is 20.5 Å². The molecule has 1 aromatic heterocycles. The minimum atomic E-state index is -0.216. The quantitative estimate of drug-likeness (QED) is 0.830. The van der Waals surface area contributed by atoms with Crippen LogP contribution in [0, 0.1) is 0 Å². The zero-order valence-electron chi connectivity index (χ0n) is 9.64. The molecule has 0 aliphatic rings. The molecule has 6 nitrogen and oxygen atoms in total. The summed E-state index contributed by atoms with van der Waals surface area (Å²) in [5, 5.41) is 8.82. The molecule has 0 aliphatic heterocycles. The summed E-state index contributed by atoms with van der Waals surface area (Å²) in [4.78, 5) is 17.6. The minimum absolute atomic E-state index is 0.216. The van der Waals surface area contributed by atoms with E-state index in [4.69, 9.17) is 0 Å². The molecule has 6 heteroatoms. The van der Waals surface area contributed by atoms with Gasteiger partial charge in [-0.05, 0) is 24.3 Å². The van der Waals surface area contributed by atoms with Crippen molar-refractivity contribution < 1.29 is 4.79 Å². The van der Waals surface area contributed by atoms with E-state index in [1.54, 1.807) is 12.1 Å². The van der Waals surface area contributed by atoms with E-state index in [9.17, 15) is 4.79 Å². The first-order chi connectivity index (χ1) is 8.16. The van der Waals surface area contributed by atoms with Crippen LogP contribution in [0.15, 0.2) is 30.6 Å². The van der Waals surface area contributed by atoms with Crippen molar-refractivity contribution in [3.05, 3.63) is 36.2 Å². The normalized spacial score (nSPS) is 10.0. The highest BCUT2D eigenvalue weighted by molar-refractivity contribution is 6.03. The Morgan fingerprint density at radius 3 is 2.53 bits per heavy atom. The average Bonchev–Trinajstić information content (AvgIpc) is 2.82. The fourth-order valence-corrected chi connectivity index (χ4v) is 1.36. The molecule has 88 valence electrons. The second kappa shape index (κ2) is 4.65. The number of amides is 1. The van der Waals surface area contributed by atoms with Crippen molar-refractivity contribution in [2.45, 2.75) is 0 Å². The predicted molar refractivity (Wildman–Crippen MR) is 65.1 cm³/mol. The zero-order valence-corrected chi connectivity index (χ0v) is 9.64. The van der Waals surface area contributed by atoms with Crippen molar-refractivity contribution >= 4 is 17.5 Å². The van der Waals surface area contributed by atoms with Crippen molar-refractivity contribution in [3.8, 4) is 0 Å². The van der Waals surface area contributed by atoms with Crippen LogP contribution in [0.4, 0.5) is 11.6 Å². The maximum atomic E-state index is 11.8. The van der Waals surface area contributed by atoms with Gasteiger partial charge < -0.3 is 4.90 Å². The molecule has 2 N–H and O–H groups in total. The van der Waals surface area contributed by atoms with Crippen LogP contribution in [0.25, 0.3) is 0 Å². The lowest BCUT2D eigenvalue weighted by Gasteiger charge is -2.12. The Hall–Kier alpha value is -2.37. The van der Waals surface area contributed by atoms with E-state index in [1.807, 2.05) is 31.1 Å². The number of hydrogen-bond acceptors (Lipinski definition) is 4. The van der Waals surface area contributed by atoms with Crippen LogP contribution in [-0.2, 0) is 0 Å². The third-order valence-electron chi connectivity index (χ3n) is 2.29. The van der Waals surface area contributed by atoms with E-state index in [-0.39, 0.29) is 5.91 Å². The van der Waals surface area contributed by atoms with Gasteiger partial charge in [0.05, 0.1) is 0 Å². The summed E-state index contributed by atoms with van der Waals surface area (Å²) in [6.07, 6.45) is 1.34. The number of aromatic amines is 1.